The van der Waals surface area contributed by atoms with E-state index in [1.54, 1.807) is 0 Å². The second-order valence-corrected chi connectivity index (χ2v) is 7.26. The van der Waals surface area contributed by atoms with E-state index in [1.807, 2.05) is 0 Å². The van der Waals surface area contributed by atoms with Gasteiger partial charge in [0.05, 0.1) is 19.9 Å². The summed E-state index contributed by atoms with van der Waals surface area (Å²) in [5, 5.41) is 19.0. The van der Waals surface area contributed by atoms with Gasteiger partial charge in [-0.3, -0.25) is 4.72 Å². The van der Waals surface area contributed by atoms with Gasteiger partial charge in [-0.25, -0.2) is 13.2 Å². The molecule has 0 unspecified atom stereocenters. The Bertz CT molecular complexity index is 928. The van der Waals surface area contributed by atoms with Gasteiger partial charge in [-0.05, 0) is 34.1 Å². The Morgan fingerprint density at radius 3 is 2.32 bits per heavy atom. The first-order valence-corrected chi connectivity index (χ1v) is 8.98. The Morgan fingerprint density at radius 2 is 1.76 bits per heavy atom. The monoisotopic (exact) mass is 431 g/mol. The average molecular weight is 432 g/mol. The standard InChI is InChI=1S/C15H14BrNO7S/c1-23-11-6-9(16)13(7-12(11)24-2)25(21,22)17-10-5-3-4-8(14(10)18)15(19)20/h3-7,17-18H,1-2H3,(H,19,20). The highest BCUT2D eigenvalue weighted by Gasteiger charge is 2.23. The number of rotatable bonds is 6. The Kier molecular flexibility index (Phi) is 5.43. The van der Waals surface area contributed by atoms with Crippen LogP contribution in [0, 0.1) is 0 Å². The van der Waals surface area contributed by atoms with Crippen LogP contribution in [0.25, 0.3) is 0 Å². The van der Waals surface area contributed by atoms with Gasteiger partial charge < -0.3 is 19.7 Å². The molecule has 2 rings (SSSR count). The van der Waals surface area contributed by atoms with Gasteiger partial charge in [0.1, 0.15) is 10.5 Å². The zero-order chi connectivity index (χ0) is 18.8. The van der Waals surface area contributed by atoms with Crippen molar-refractivity contribution in [2.24, 2.45) is 0 Å². The molecule has 0 spiro atoms. The van der Waals surface area contributed by atoms with Crippen LogP contribution in [0.4, 0.5) is 5.69 Å². The summed E-state index contributed by atoms with van der Waals surface area (Å²) in [6.45, 7) is 0. The first kappa shape index (κ1) is 18.9. The number of methoxy groups -OCH3 is 2. The highest BCUT2D eigenvalue weighted by molar-refractivity contribution is 9.10. The van der Waals surface area contributed by atoms with Gasteiger partial charge in [-0.1, -0.05) is 6.07 Å². The number of nitrogens with one attached hydrogen (secondary N) is 1. The average Bonchev–Trinajstić information content (AvgIpc) is 2.55. The van der Waals surface area contributed by atoms with Crippen molar-refractivity contribution in [2.45, 2.75) is 4.90 Å². The lowest BCUT2D eigenvalue weighted by atomic mass is 10.2. The van der Waals surface area contributed by atoms with E-state index in [9.17, 15) is 18.3 Å². The molecule has 0 aliphatic heterocycles. The normalized spacial score (nSPS) is 11.0. The summed E-state index contributed by atoms with van der Waals surface area (Å²) in [6.07, 6.45) is 0. The van der Waals surface area contributed by atoms with Gasteiger partial charge in [0.2, 0.25) is 0 Å². The molecular weight excluding hydrogens is 418 g/mol. The summed E-state index contributed by atoms with van der Waals surface area (Å²) in [7, 11) is -1.38. The molecule has 0 radical (unpaired) electrons. The van der Waals surface area contributed by atoms with E-state index in [1.165, 1.54) is 38.5 Å². The number of hydrogen-bond acceptors (Lipinski definition) is 6. The largest absolute Gasteiger partial charge is 0.505 e. The summed E-state index contributed by atoms with van der Waals surface area (Å²) >= 11 is 3.15. The van der Waals surface area contributed by atoms with Crippen molar-refractivity contribution < 1.29 is 32.9 Å². The van der Waals surface area contributed by atoms with Crippen molar-refractivity contribution in [1.29, 1.82) is 0 Å². The maximum absolute atomic E-state index is 12.6. The fourth-order valence-corrected chi connectivity index (χ4v) is 4.14. The van der Waals surface area contributed by atoms with Crippen molar-refractivity contribution >= 4 is 37.6 Å². The molecule has 0 aliphatic carbocycles. The molecule has 2 aromatic carbocycles. The molecule has 0 bridgehead atoms. The van der Waals surface area contributed by atoms with Crippen LogP contribution in [-0.2, 0) is 10.0 Å². The molecule has 0 amide bonds. The summed E-state index contributed by atoms with van der Waals surface area (Å²) < 4.78 is 37.8. The van der Waals surface area contributed by atoms with Crippen LogP contribution in [0.5, 0.6) is 17.2 Å². The quantitative estimate of drug-likeness (QED) is 0.600. The molecule has 134 valence electrons. The molecule has 10 heteroatoms. The van der Waals surface area contributed by atoms with E-state index >= 15 is 0 Å². The van der Waals surface area contributed by atoms with E-state index in [-0.39, 0.29) is 20.8 Å². The van der Waals surface area contributed by atoms with Crippen molar-refractivity contribution in [2.75, 3.05) is 18.9 Å². The zero-order valence-corrected chi connectivity index (χ0v) is 15.5. The lowest BCUT2D eigenvalue weighted by Crippen LogP contribution is -2.14. The highest BCUT2D eigenvalue weighted by atomic mass is 79.9. The van der Waals surface area contributed by atoms with Crippen LogP contribution in [0.1, 0.15) is 10.4 Å². The van der Waals surface area contributed by atoms with Crippen LogP contribution in [0.3, 0.4) is 0 Å². The van der Waals surface area contributed by atoms with E-state index in [0.717, 1.165) is 6.07 Å². The fourth-order valence-electron chi connectivity index (χ4n) is 2.04. The van der Waals surface area contributed by atoms with Crippen molar-refractivity contribution in [3.63, 3.8) is 0 Å². The number of ether oxygens (including phenoxy) is 2. The number of carbonyl (C=O) groups is 1. The number of aromatic carboxylic acids is 1. The van der Waals surface area contributed by atoms with Crippen molar-refractivity contribution in [3.05, 3.63) is 40.4 Å². The second kappa shape index (κ2) is 7.19. The number of benzene rings is 2. The van der Waals surface area contributed by atoms with Crippen LogP contribution < -0.4 is 14.2 Å². The summed E-state index contributed by atoms with van der Waals surface area (Å²) in [6, 6.07) is 6.37. The Labute approximate surface area is 152 Å². The number of anilines is 1. The first-order valence-electron chi connectivity index (χ1n) is 6.71. The summed E-state index contributed by atoms with van der Waals surface area (Å²) in [4.78, 5) is 10.9. The number of halogens is 1. The first-order chi connectivity index (χ1) is 11.7. The van der Waals surface area contributed by atoms with Gasteiger partial charge in [-0.2, -0.15) is 0 Å². The summed E-state index contributed by atoms with van der Waals surface area (Å²) in [5.41, 5.74) is -0.687. The van der Waals surface area contributed by atoms with Crippen LogP contribution in [0.15, 0.2) is 39.7 Å². The maximum Gasteiger partial charge on any atom is 0.339 e. The molecule has 0 fully saturated rings. The SMILES string of the molecule is COc1cc(Br)c(S(=O)(=O)Nc2cccc(C(=O)O)c2O)cc1OC. The number of sulfonamides is 1. The van der Waals surface area contributed by atoms with Gasteiger partial charge in [0.15, 0.2) is 17.2 Å². The fraction of sp³-hybridized carbons (Fsp3) is 0.133. The Balaban J connectivity index is 2.51. The second-order valence-electron chi connectivity index (χ2n) is 4.75. The molecule has 0 atom stereocenters. The van der Waals surface area contributed by atoms with E-state index in [0.29, 0.717) is 5.75 Å². The van der Waals surface area contributed by atoms with Crippen molar-refractivity contribution in [3.8, 4) is 17.2 Å². The third-order valence-corrected chi connectivity index (χ3v) is 5.56. The van der Waals surface area contributed by atoms with Gasteiger partial charge in [-0.15, -0.1) is 0 Å². The van der Waals surface area contributed by atoms with Crippen LogP contribution in [-0.4, -0.2) is 38.8 Å². The molecule has 0 saturated heterocycles. The van der Waals surface area contributed by atoms with Crippen molar-refractivity contribution in [1.82, 2.24) is 0 Å². The Morgan fingerprint density at radius 1 is 1.16 bits per heavy atom. The van der Waals surface area contributed by atoms with E-state index < -0.39 is 27.3 Å². The Hall–Kier alpha value is -2.46. The van der Waals surface area contributed by atoms with Gasteiger partial charge in [0.25, 0.3) is 10.0 Å². The zero-order valence-electron chi connectivity index (χ0n) is 13.1. The molecule has 0 heterocycles. The third-order valence-electron chi connectivity index (χ3n) is 3.24. The molecule has 2 aromatic rings. The minimum atomic E-state index is -4.15. The number of para-hydroxylation sites is 1. The van der Waals surface area contributed by atoms with Crippen LogP contribution in [0.2, 0.25) is 0 Å². The minimum absolute atomic E-state index is 0.176. The highest BCUT2D eigenvalue weighted by Crippen LogP contribution is 2.37. The van der Waals surface area contributed by atoms with Crippen LogP contribution >= 0.6 is 15.9 Å². The molecule has 3 N–H and O–H groups in total. The smallest absolute Gasteiger partial charge is 0.339 e. The van der Waals surface area contributed by atoms with E-state index in [2.05, 4.69) is 20.7 Å². The molecule has 25 heavy (non-hydrogen) atoms. The third kappa shape index (κ3) is 3.80. The topological polar surface area (TPSA) is 122 Å². The maximum atomic E-state index is 12.6. The number of hydrogen-bond donors (Lipinski definition) is 3. The lowest BCUT2D eigenvalue weighted by Gasteiger charge is -2.14. The predicted molar refractivity (Wildman–Crippen MR) is 93.1 cm³/mol. The molecule has 8 nitrogen and oxygen atoms in total. The molecular formula is C15H14BrNO7S. The molecule has 0 aliphatic rings. The van der Waals surface area contributed by atoms with Gasteiger partial charge >= 0.3 is 5.97 Å². The predicted octanol–water partition coefficient (Wildman–Crippen LogP) is 2.67. The molecule has 0 aromatic heterocycles. The number of carboxylic acids is 1. The number of aromatic hydroxyl groups is 1. The summed E-state index contributed by atoms with van der Waals surface area (Å²) in [5.74, 6) is -1.56. The number of carboxylic acid groups (broad SMARTS) is 1. The van der Waals surface area contributed by atoms with E-state index in [4.69, 9.17) is 14.6 Å². The van der Waals surface area contributed by atoms with Gasteiger partial charge in [0, 0.05) is 10.5 Å². The molecule has 0 saturated carbocycles. The number of phenols is 1. The lowest BCUT2D eigenvalue weighted by molar-refractivity contribution is 0.0694. The minimum Gasteiger partial charge on any atom is -0.505 e.